The molecule has 2 aromatic heterocycles. The zero-order valence-electron chi connectivity index (χ0n) is 22.1. The summed E-state index contributed by atoms with van der Waals surface area (Å²) in [5.41, 5.74) is 3.51. The second kappa shape index (κ2) is 11.9. The average Bonchev–Trinajstić information content (AvgIpc) is 3.46. The van der Waals surface area contributed by atoms with E-state index in [1.165, 1.54) is 11.1 Å². The van der Waals surface area contributed by atoms with E-state index in [2.05, 4.69) is 64.3 Å². The van der Waals surface area contributed by atoms with Gasteiger partial charge in [-0.15, -0.1) is 0 Å². The molecule has 8 heteroatoms. The van der Waals surface area contributed by atoms with E-state index in [1.54, 1.807) is 12.5 Å². The number of hydrogen-bond acceptors (Lipinski definition) is 6. The molecule has 0 spiro atoms. The van der Waals surface area contributed by atoms with Crippen molar-refractivity contribution in [1.82, 2.24) is 29.7 Å². The minimum atomic E-state index is 0.155. The van der Waals surface area contributed by atoms with Crippen LogP contribution < -0.4 is 10.2 Å². The van der Waals surface area contributed by atoms with Crippen molar-refractivity contribution in [3.63, 3.8) is 0 Å². The second-order valence-electron chi connectivity index (χ2n) is 10.4. The summed E-state index contributed by atoms with van der Waals surface area (Å²) in [5, 5.41) is 3.36. The van der Waals surface area contributed by atoms with Gasteiger partial charge in [0, 0.05) is 68.3 Å². The van der Waals surface area contributed by atoms with Crippen LogP contribution in [-0.4, -0.2) is 62.0 Å². The number of nitrogens with one attached hydrogen (secondary N) is 1. The van der Waals surface area contributed by atoms with Crippen LogP contribution in [-0.2, 0) is 17.8 Å². The minimum Gasteiger partial charge on any atom is -0.353 e. The molecule has 37 heavy (non-hydrogen) atoms. The van der Waals surface area contributed by atoms with Crippen LogP contribution in [0.3, 0.4) is 0 Å². The zero-order valence-corrected chi connectivity index (χ0v) is 22.1. The van der Waals surface area contributed by atoms with E-state index in [9.17, 15) is 4.79 Å². The molecule has 5 rings (SSSR count). The number of rotatable bonds is 8. The number of nitrogens with zero attached hydrogens (tertiary/aromatic N) is 6. The summed E-state index contributed by atoms with van der Waals surface area (Å²) in [7, 11) is 0. The van der Waals surface area contributed by atoms with Gasteiger partial charge < -0.3 is 10.2 Å². The Labute approximate surface area is 220 Å². The highest BCUT2D eigenvalue weighted by Gasteiger charge is 2.30. The van der Waals surface area contributed by atoms with Crippen molar-refractivity contribution in [2.45, 2.75) is 77.4 Å². The minimum absolute atomic E-state index is 0.155. The third-order valence-corrected chi connectivity index (χ3v) is 7.79. The molecule has 1 unspecified atom stereocenters. The van der Waals surface area contributed by atoms with E-state index in [1.807, 2.05) is 10.8 Å². The summed E-state index contributed by atoms with van der Waals surface area (Å²) < 4.78 is 1.85. The Morgan fingerprint density at radius 1 is 1.05 bits per heavy atom. The summed E-state index contributed by atoms with van der Waals surface area (Å²) in [6.07, 6.45) is 12.0. The van der Waals surface area contributed by atoms with Crippen LogP contribution in [0, 0.1) is 6.92 Å². The van der Waals surface area contributed by atoms with Crippen molar-refractivity contribution in [1.29, 1.82) is 0 Å². The molecule has 3 aromatic rings. The molecule has 2 fully saturated rings. The monoisotopic (exact) mass is 501 g/mol. The lowest BCUT2D eigenvalue weighted by Gasteiger charge is -2.38. The molecule has 0 saturated carbocycles. The van der Waals surface area contributed by atoms with E-state index < -0.39 is 0 Å². The molecule has 4 heterocycles. The van der Waals surface area contributed by atoms with Crippen molar-refractivity contribution in [2.24, 2.45) is 0 Å². The lowest BCUT2D eigenvalue weighted by Crippen LogP contribution is -2.48. The first-order valence-corrected chi connectivity index (χ1v) is 13.8. The van der Waals surface area contributed by atoms with Gasteiger partial charge in [0.25, 0.3) is 0 Å². The van der Waals surface area contributed by atoms with E-state index in [4.69, 9.17) is 9.97 Å². The van der Waals surface area contributed by atoms with Crippen LogP contribution in [0.4, 0.5) is 5.82 Å². The maximum Gasteiger partial charge on any atom is 0.237 e. The SMILES string of the molecule is CCc1c(C)nc(-n2ccnc2)nc1N1CCCCC1CC(=O)NC1CCN(Cc2ccccc2)CC1. The van der Waals surface area contributed by atoms with Crippen LogP contribution in [0.1, 0.15) is 62.3 Å². The quantitative estimate of drug-likeness (QED) is 0.501. The smallest absolute Gasteiger partial charge is 0.237 e. The lowest BCUT2D eigenvalue weighted by molar-refractivity contribution is -0.122. The first kappa shape index (κ1) is 25.4. The van der Waals surface area contributed by atoms with Crippen molar-refractivity contribution >= 4 is 11.7 Å². The van der Waals surface area contributed by atoms with Gasteiger partial charge in [-0.05, 0) is 51.0 Å². The molecule has 196 valence electrons. The van der Waals surface area contributed by atoms with E-state index in [0.29, 0.717) is 12.4 Å². The number of carbonyl (C=O) groups is 1. The van der Waals surface area contributed by atoms with Crippen LogP contribution in [0.2, 0.25) is 0 Å². The topological polar surface area (TPSA) is 79.2 Å². The maximum atomic E-state index is 13.2. The Morgan fingerprint density at radius 2 is 1.86 bits per heavy atom. The lowest BCUT2D eigenvalue weighted by atomic mass is 9.97. The van der Waals surface area contributed by atoms with Gasteiger partial charge >= 0.3 is 0 Å². The number of imidazole rings is 1. The van der Waals surface area contributed by atoms with Gasteiger partial charge in [0.2, 0.25) is 11.9 Å². The molecule has 8 nitrogen and oxygen atoms in total. The molecule has 1 aromatic carbocycles. The van der Waals surface area contributed by atoms with Crippen LogP contribution in [0.15, 0.2) is 49.1 Å². The fourth-order valence-electron chi connectivity index (χ4n) is 5.78. The summed E-state index contributed by atoms with van der Waals surface area (Å²) >= 11 is 0. The van der Waals surface area contributed by atoms with Gasteiger partial charge in [0.15, 0.2) is 0 Å². The molecule has 2 saturated heterocycles. The number of aryl methyl sites for hydroxylation is 1. The number of anilines is 1. The van der Waals surface area contributed by atoms with Crippen molar-refractivity contribution < 1.29 is 4.79 Å². The number of amides is 1. The number of benzene rings is 1. The summed E-state index contributed by atoms with van der Waals surface area (Å²) in [4.78, 5) is 32.0. The molecular formula is C29H39N7O. The predicted molar refractivity (Wildman–Crippen MR) is 146 cm³/mol. The van der Waals surface area contributed by atoms with Crippen molar-refractivity contribution in [3.8, 4) is 5.95 Å². The first-order chi connectivity index (χ1) is 18.1. The molecule has 1 amide bonds. The molecule has 0 radical (unpaired) electrons. The number of piperidine rings is 2. The maximum absolute atomic E-state index is 13.2. The summed E-state index contributed by atoms with van der Waals surface area (Å²) in [5.74, 6) is 1.78. The molecular weight excluding hydrogens is 462 g/mol. The van der Waals surface area contributed by atoms with E-state index >= 15 is 0 Å². The zero-order chi connectivity index (χ0) is 25.6. The van der Waals surface area contributed by atoms with Gasteiger partial charge in [-0.25, -0.2) is 9.97 Å². The Morgan fingerprint density at radius 3 is 2.59 bits per heavy atom. The van der Waals surface area contributed by atoms with E-state index in [-0.39, 0.29) is 18.0 Å². The Hall–Kier alpha value is -3.26. The van der Waals surface area contributed by atoms with Crippen molar-refractivity contribution in [2.75, 3.05) is 24.5 Å². The molecule has 2 aliphatic rings. The number of likely N-dealkylation sites (tertiary alicyclic amines) is 1. The fraction of sp³-hybridized carbons (Fsp3) is 0.517. The van der Waals surface area contributed by atoms with Crippen molar-refractivity contribution in [3.05, 3.63) is 65.9 Å². The van der Waals surface area contributed by atoms with Crippen LogP contribution >= 0.6 is 0 Å². The van der Waals surface area contributed by atoms with Gasteiger partial charge in [0.1, 0.15) is 12.1 Å². The highest BCUT2D eigenvalue weighted by atomic mass is 16.1. The molecule has 0 bridgehead atoms. The summed E-state index contributed by atoms with van der Waals surface area (Å²) in [6, 6.07) is 11.0. The standard InChI is InChI=1S/C29H39N7O/c1-3-26-22(2)31-29(35-18-14-30-21-35)33-28(26)36-15-8-7-11-25(36)19-27(37)32-24-12-16-34(17-13-24)20-23-9-5-4-6-10-23/h4-6,9-10,14,18,21,24-25H,3,7-8,11-13,15-17,19-20H2,1-2H3,(H,32,37). The third kappa shape index (κ3) is 6.18. The Balaban J connectivity index is 1.22. The highest BCUT2D eigenvalue weighted by Crippen LogP contribution is 2.30. The van der Waals surface area contributed by atoms with E-state index in [0.717, 1.165) is 76.2 Å². The second-order valence-corrected chi connectivity index (χ2v) is 10.4. The van der Waals surface area contributed by atoms with Gasteiger partial charge in [0.05, 0.1) is 0 Å². The number of carbonyl (C=O) groups excluding carboxylic acids is 1. The normalized spacial score (nSPS) is 19.2. The fourth-order valence-corrected chi connectivity index (χ4v) is 5.78. The number of hydrogen-bond donors (Lipinski definition) is 1. The molecule has 1 N–H and O–H groups in total. The molecule has 2 aliphatic heterocycles. The third-order valence-electron chi connectivity index (χ3n) is 7.79. The Bertz CT molecular complexity index is 1160. The van der Waals surface area contributed by atoms with Gasteiger partial charge in [-0.1, -0.05) is 37.3 Å². The molecule has 1 atom stereocenters. The largest absolute Gasteiger partial charge is 0.353 e. The number of aromatic nitrogens is 4. The predicted octanol–water partition coefficient (Wildman–Crippen LogP) is 4.06. The average molecular weight is 502 g/mol. The molecule has 0 aliphatic carbocycles. The van der Waals surface area contributed by atoms with Crippen LogP contribution in [0.5, 0.6) is 0 Å². The highest BCUT2D eigenvalue weighted by molar-refractivity contribution is 5.77. The van der Waals surface area contributed by atoms with Gasteiger partial charge in [-0.2, -0.15) is 4.98 Å². The van der Waals surface area contributed by atoms with Crippen LogP contribution in [0.25, 0.3) is 5.95 Å². The first-order valence-electron chi connectivity index (χ1n) is 13.8. The summed E-state index contributed by atoms with van der Waals surface area (Å²) in [6.45, 7) is 8.15. The Kier molecular flexibility index (Phi) is 8.14. The van der Waals surface area contributed by atoms with Gasteiger partial charge in [-0.3, -0.25) is 14.3 Å².